The summed E-state index contributed by atoms with van der Waals surface area (Å²) in [6, 6.07) is 2.41. The molecule has 1 amide bonds. The van der Waals surface area contributed by atoms with Crippen LogP contribution < -0.4 is 5.32 Å². The fourth-order valence-corrected chi connectivity index (χ4v) is 10.3. The minimum atomic E-state index is -3.68. The van der Waals surface area contributed by atoms with Crippen LogP contribution in [0, 0.1) is 0 Å². The molecule has 0 aliphatic carbocycles. The van der Waals surface area contributed by atoms with Crippen molar-refractivity contribution in [3.05, 3.63) is 54.0 Å². The third-order valence-corrected chi connectivity index (χ3v) is 15.1. The van der Waals surface area contributed by atoms with Crippen molar-refractivity contribution in [3.63, 3.8) is 0 Å². The van der Waals surface area contributed by atoms with Crippen LogP contribution in [0.25, 0.3) is 6.08 Å². The monoisotopic (exact) mass is 1080 g/mol. The van der Waals surface area contributed by atoms with Gasteiger partial charge in [0.2, 0.25) is 5.91 Å². The summed E-state index contributed by atoms with van der Waals surface area (Å²) in [6.45, 7) is -0.904. The predicted molar refractivity (Wildman–Crippen MR) is 291 cm³/mol. The zero-order valence-corrected chi connectivity index (χ0v) is 45.9. The van der Waals surface area contributed by atoms with Gasteiger partial charge in [0.05, 0.1) is 32.0 Å². The Morgan fingerprint density at radius 1 is 0.711 bits per heavy atom. The van der Waals surface area contributed by atoms with Gasteiger partial charge in [-0.2, -0.15) is 0 Å². The number of nitrogens with one attached hydrogen (secondary N) is 1. The summed E-state index contributed by atoms with van der Waals surface area (Å²) in [7, 11) is 0. The van der Waals surface area contributed by atoms with Crippen molar-refractivity contribution >= 4 is 25.2 Å². The lowest BCUT2D eigenvalue weighted by Gasteiger charge is -2.46. The lowest BCUT2D eigenvalue weighted by Crippen LogP contribution is -2.65. The van der Waals surface area contributed by atoms with E-state index >= 15 is 0 Å². The molecule has 1 aromatic heterocycles. The molecule has 0 saturated carbocycles. The van der Waals surface area contributed by atoms with Gasteiger partial charge in [-0.1, -0.05) is 180 Å². The van der Waals surface area contributed by atoms with E-state index in [1.165, 1.54) is 141 Å². The molecule has 19 heteroatoms. The lowest BCUT2D eigenvalue weighted by molar-refractivity contribution is -0.359. The first-order valence-corrected chi connectivity index (χ1v) is 29.3. The third-order valence-electron chi connectivity index (χ3n) is 15.1. The maximum absolute atomic E-state index is 13.8. The first-order chi connectivity index (χ1) is 36.8. The lowest BCUT2D eigenvalue weighted by atomic mass is 9.92. The smallest absolute Gasteiger partial charge is 0.396 e. The second kappa shape index (κ2) is 37.1. The van der Waals surface area contributed by atoms with Gasteiger partial charge in [0.25, 0.3) is 0 Å². The number of aliphatic hydroxyl groups excluding tert-OH is 8. The standard InChI is InChI=1S/C48H91NO13.C9H7BF2N2/c1-3-5-7-9-11-13-15-17-18-20-22-24-26-28-30-32-40(53)49-36(37(52)31-29-27-25-23-21-19-16-14-12-10-8-6-4-2)35-59-47-45(58)43(56)46(39(34-51)61-47)62-48-44(57)42(55)41(54)38(33-50)60-48;11-10(12)13-5-1-3-8(13)7-9-4-2-6-14(9)10/h29,31,36-39,41-48,50-52,54-58H,3-28,30,32-35H2,1-2H3,(H,49,53);1-7H/b31-29+;/t36?,37?,38-,39-,41+,42+,43-,44-,45-,46+,47-,48?;/m1./s1. The summed E-state index contributed by atoms with van der Waals surface area (Å²) >= 11 is 0. The number of nitrogens with zero attached hydrogens (tertiary/aromatic N) is 2. The fourth-order valence-electron chi connectivity index (χ4n) is 10.3. The van der Waals surface area contributed by atoms with E-state index in [1.807, 2.05) is 6.08 Å². The molecule has 4 aliphatic heterocycles. The molecule has 76 heavy (non-hydrogen) atoms. The highest BCUT2D eigenvalue weighted by Crippen LogP contribution is 2.31. The van der Waals surface area contributed by atoms with Crippen LogP contribution in [0.1, 0.15) is 199 Å². The highest BCUT2D eigenvalue weighted by Gasteiger charge is 2.51. The molecule has 5 rings (SSSR count). The summed E-state index contributed by atoms with van der Waals surface area (Å²) in [4.78, 5) is 13.1. The van der Waals surface area contributed by atoms with Gasteiger partial charge in [-0.3, -0.25) is 4.79 Å². The number of aliphatic hydroxyl groups is 8. The quantitative estimate of drug-likeness (QED) is 0.0176. The summed E-state index contributed by atoms with van der Waals surface area (Å²) < 4.78 is 52.4. The van der Waals surface area contributed by atoms with E-state index in [2.05, 4.69) is 19.2 Å². The summed E-state index contributed by atoms with van der Waals surface area (Å²) in [6.07, 6.45) is 27.5. The molecule has 4 aliphatic rings. The average Bonchev–Trinajstić information content (AvgIpc) is 4.11. The number of hydrogen-bond acceptors (Lipinski definition) is 13. The van der Waals surface area contributed by atoms with Crippen molar-refractivity contribution < 1.29 is 77.7 Å². The van der Waals surface area contributed by atoms with Crippen molar-refractivity contribution in [2.45, 2.75) is 267 Å². The van der Waals surface area contributed by atoms with E-state index in [0.29, 0.717) is 17.8 Å². The molecule has 436 valence electrons. The van der Waals surface area contributed by atoms with E-state index in [9.17, 15) is 54.3 Å². The van der Waals surface area contributed by atoms with E-state index < -0.39 is 93.7 Å². The number of carbonyl (C=O) groups is 1. The molecule has 0 aromatic carbocycles. The Morgan fingerprint density at radius 2 is 1.22 bits per heavy atom. The number of halogens is 2. The van der Waals surface area contributed by atoms with Crippen LogP contribution in [-0.2, 0) is 23.7 Å². The van der Waals surface area contributed by atoms with E-state index in [-0.39, 0.29) is 18.9 Å². The largest absolute Gasteiger partial charge is 0.736 e. The molecule has 2 fully saturated rings. The van der Waals surface area contributed by atoms with Gasteiger partial charge in [-0.25, -0.2) is 0 Å². The van der Waals surface area contributed by atoms with Gasteiger partial charge in [0.1, 0.15) is 55.0 Å². The molecular weight excluding hydrogens is 983 g/mol. The molecule has 9 N–H and O–H groups in total. The van der Waals surface area contributed by atoms with Crippen LogP contribution in [0.4, 0.5) is 8.63 Å². The van der Waals surface area contributed by atoms with Gasteiger partial charge in [-0.15, -0.1) is 0 Å². The van der Waals surface area contributed by atoms with Crippen LogP contribution >= 0.6 is 0 Å². The average molecular weight is 1080 g/mol. The topological polar surface area (TPSA) is 236 Å². The SMILES string of the molecule is CCCCCCCCCCCCC/C=C/C(O)C(CO[C@@H]1O[C@H](CO)[C@H](OC2O[C@H](CO)[C@H](O)[C@H](O)[C@H]2O)[C@H](O)[C@H]1O)NC(=O)CCCCCCCCCCCCCCCCC.F[B-]1(F)n2cccc2C=C2C=CC=[N+]21. The molecule has 5 heterocycles. The van der Waals surface area contributed by atoms with Crippen molar-refractivity contribution in [1.29, 1.82) is 0 Å². The number of carbonyl (C=O) groups excluding carboxylic acids is 1. The Labute approximate surface area is 452 Å². The van der Waals surface area contributed by atoms with E-state index in [4.69, 9.17) is 18.9 Å². The van der Waals surface area contributed by atoms with Crippen LogP contribution in [0.3, 0.4) is 0 Å². The van der Waals surface area contributed by atoms with E-state index in [1.54, 1.807) is 36.4 Å². The number of amides is 1. The Morgan fingerprint density at radius 3 is 1.78 bits per heavy atom. The summed E-state index contributed by atoms with van der Waals surface area (Å²) in [5.74, 6) is -0.238. The number of fused-ring (bicyclic) bond motifs is 2. The first kappa shape index (κ1) is 65.6. The van der Waals surface area contributed by atoms with Crippen LogP contribution in [0.2, 0.25) is 0 Å². The predicted octanol–water partition coefficient (Wildman–Crippen LogP) is 7.71. The minimum Gasteiger partial charge on any atom is -0.396 e. The normalized spacial score (nSPS) is 26.6. The van der Waals surface area contributed by atoms with Crippen LogP contribution in [0.5, 0.6) is 0 Å². The molecule has 1 aromatic rings. The van der Waals surface area contributed by atoms with Crippen molar-refractivity contribution in [2.24, 2.45) is 0 Å². The minimum absolute atomic E-state index is 0.238. The summed E-state index contributed by atoms with van der Waals surface area (Å²) in [5.41, 5.74) is 1.11. The van der Waals surface area contributed by atoms with Crippen molar-refractivity contribution in [3.8, 4) is 0 Å². The maximum atomic E-state index is 13.8. The number of ether oxygens (including phenoxy) is 4. The molecule has 0 bridgehead atoms. The molecule has 16 nitrogen and oxygen atoms in total. The third kappa shape index (κ3) is 22.0. The Balaban J connectivity index is 0.000000752. The highest BCUT2D eigenvalue weighted by molar-refractivity contribution is 6.57. The second-order valence-corrected chi connectivity index (χ2v) is 21.4. The number of aromatic nitrogens is 1. The van der Waals surface area contributed by atoms with Gasteiger partial charge < -0.3 is 82.7 Å². The fraction of sp³-hybridized carbons (Fsp3) is 0.789. The Hall–Kier alpha value is -2.92. The Kier molecular flexibility index (Phi) is 32.0. The molecule has 0 radical (unpaired) electrons. The number of allylic oxidation sites excluding steroid dienone is 3. The molecule has 12 atom stereocenters. The number of unbranched alkanes of at least 4 members (excludes halogenated alkanes) is 25. The highest BCUT2D eigenvalue weighted by atomic mass is 19.2. The zero-order chi connectivity index (χ0) is 55.1. The molecule has 3 unspecified atom stereocenters. The van der Waals surface area contributed by atoms with Crippen LogP contribution in [-0.4, -0.2) is 162 Å². The summed E-state index contributed by atoms with van der Waals surface area (Å²) in [5, 5.41) is 86.6. The van der Waals surface area contributed by atoms with Crippen molar-refractivity contribution in [2.75, 3.05) is 19.8 Å². The molecular formula is C57H98BF2N3O13. The van der Waals surface area contributed by atoms with E-state index in [0.717, 1.165) is 47.5 Å². The maximum Gasteiger partial charge on any atom is 0.736 e. The van der Waals surface area contributed by atoms with Crippen LogP contribution in [0.15, 0.2) is 48.3 Å². The van der Waals surface area contributed by atoms with Gasteiger partial charge in [0, 0.05) is 30.3 Å². The number of hydrogen-bond donors (Lipinski definition) is 9. The molecule has 2 saturated heterocycles. The zero-order valence-electron chi connectivity index (χ0n) is 45.9. The molecule has 0 spiro atoms. The number of rotatable bonds is 38. The second-order valence-electron chi connectivity index (χ2n) is 21.4. The van der Waals surface area contributed by atoms with Crippen molar-refractivity contribution in [1.82, 2.24) is 9.79 Å². The first-order valence-electron chi connectivity index (χ1n) is 29.3. The van der Waals surface area contributed by atoms with Gasteiger partial charge in [-0.05, 0) is 37.6 Å². The Bertz CT molecular complexity index is 1850. The van der Waals surface area contributed by atoms with Gasteiger partial charge in [0.15, 0.2) is 18.3 Å². The van der Waals surface area contributed by atoms with Gasteiger partial charge >= 0.3 is 6.97 Å².